The van der Waals surface area contributed by atoms with E-state index in [2.05, 4.69) is 60.7 Å². The number of nitrogens with two attached hydrogens (primary N) is 1. The normalized spacial score (nSPS) is 22.0. The van der Waals surface area contributed by atoms with Crippen molar-refractivity contribution < 1.29 is 120 Å². The van der Waals surface area contributed by atoms with Crippen LogP contribution in [-0.2, 0) is 58.3 Å². The summed E-state index contributed by atoms with van der Waals surface area (Å²) in [5.41, 5.74) is -2.19. The molecule has 656 valence electrons. The number of carboxylic acids is 1. The van der Waals surface area contributed by atoms with E-state index in [1.54, 1.807) is 122 Å². The molecule has 2 saturated heterocycles. The average Bonchev–Trinajstić information content (AvgIpc) is 1.57. The molecule has 0 bridgehead atoms. The van der Waals surface area contributed by atoms with Crippen molar-refractivity contribution >= 4 is 97.9 Å². The Bertz CT molecular complexity index is 5170. The molecule has 8 N–H and O–H groups in total. The van der Waals surface area contributed by atoms with Crippen molar-refractivity contribution in [1.82, 2.24) is 45.8 Å². The van der Waals surface area contributed by atoms with E-state index in [0.29, 0.717) is 88.3 Å². The van der Waals surface area contributed by atoms with Gasteiger partial charge in [-0.05, 0) is 129 Å². The van der Waals surface area contributed by atoms with Gasteiger partial charge in [-0.15, -0.1) is 26.3 Å². The Balaban J connectivity index is 0.000000296. The summed E-state index contributed by atoms with van der Waals surface area (Å²) in [7, 11) is -0.547. The van der Waals surface area contributed by atoms with E-state index in [9.17, 15) is 60.3 Å². The zero-order valence-corrected chi connectivity index (χ0v) is 77.0. The van der Waals surface area contributed by atoms with Gasteiger partial charge in [0.2, 0.25) is 43.7 Å². The molecular weight excluding hydrogens is 1830 g/mol. The fourth-order valence-electron chi connectivity index (χ4n) is 14.9. The van der Waals surface area contributed by atoms with Crippen molar-refractivity contribution in [2.75, 3.05) is 27.3 Å². The summed E-state index contributed by atoms with van der Waals surface area (Å²) in [6, 6.07) is 29.1. The molecule has 33 heteroatoms. The molecular formula is C89H117BN10O19S2U. The number of methoxy groups -OCH3 is 2. The van der Waals surface area contributed by atoms with Crippen LogP contribution in [0.1, 0.15) is 155 Å². The molecule has 2 aromatic heterocycles. The second-order valence-electron chi connectivity index (χ2n) is 35.5. The summed E-state index contributed by atoms with van der Waals surface area (Å²) in [6.07, 6.45) is 6.30. The summed E-state index contributed by atoms with van der Waals surface area (Å²) in [4.78, 5) is 122. The Morgan fingerprint density at radius 2 is 0.951 bits per heavy atom. The number of carbonyl (C=O) groups is 8. The number of likely N-dealkylation sites (tertiary alicyclic amines) is 2. The molecule has 6 fully saturated rings. The number of aliphatic carboxylic acids is 1. The maximum atomic E-state index is 14.7. The first kappa shape index (κ1) is 97.6. The van der Waals surface area contributed by atoms with E-state index < -0.39 is 159 Å². The van der Waals surface area contributed by atoms with E-state index in [1.165, 1.54) is 28.0 Å². The fraction of sp³-hybridized carbons (Fsp3) is 0.483. The second-order valence-corrected chi connectivity index (χ2v) is 39.5. The minimum Gasteiger partial charge on any atom is -0.497 e. The minimum absolute atomic E-state index is 0. The Kier molecular flexibility index (Phi) is 30.8. The Labute approximate surface area is 743 Å². The first-order valence-electron chi connectivity index (χ1n) is 40.2. The van der Waals surface area contributed by atoms with Crippen LogP contribution in [0.25, 0.3) is 44.3 Å². The largest absolute Gasteiger partial charge is 0.497 e. The van der Waals surface area contributed by atoms with Crippen LogP contribution in [0.4, 0.5) is 9.59 Å². The number of hydrogen-bond donors (Lipinski definition) is 7. The number of rotatable bonds is 27. The van der Waals surface area contributed by atoms with Crippen molar-refractivity contribution in [1.29, 1.82) is 1.34 Å². The van der Waals surface area contributed by atoms with Crippen molar-refractivity contribution in [2.24, 2.45) is 27.8 Å². The van der Waals surface area contributed by atoms with Crippen molar-refractivity contribution in [2.45, 2.75) is 223 Å². The number of benzene rings is 4. The smallest absolute Gasteiger partial charge is 0.408 e. The maximum absolute atomic E-state index is 14.7. The molecule has 2 unspecified atom stereocenters. The topological polar surface area (TPSA) is 399 Å². The number of amides is 7. The molecule has 12 rings (SSSR count). The van der Waals surface area contributed by atoms with Crippen LogP contribution < -0.4 is 50.1 Å². The van der Waals surface area contributed by atoms with Gasteiger partial charge < -0.3 is 64.6 Å². The number of ether oxygens (including phenoxy) is 6. The standard InChI is InChI=1S/C44H55N5O9S.C38H46N4O8.C6H11NO2S.CH4.BH.U/c1-10-19-43(20-21-43)59(54,55)48-39(52)44(25-28(44)11-2)47-37(50)34-23-30(26-49(34)38(51)36(41(3,4)5)46-40(53)58-42(6,7)8)57-35-24-32(27-15-13-12-14-16-27)45-33-22-29(56-9)17-18-31(33)35;1-9-23-20-38(23,34(45)46)41-32(43)29-18-25(21-42(29)33(44)31(36(2,3)4)40-35(47)50-37(5,6)7)49-30-19-27(22-13-11-10-12-14-22)39-28-17-24(48-8)15-16-26(28)30;1-2-3-6(4-5-6)10(7,8)9;;;/h10-18,22,24,28,30,34,36H,1-2,19-21,23,25-26H2,3-9H3,(H,46,53)(H,47,50)(H,48,52);9-17,19,23,25,29,31H,1,18,20-21H2,2-8H3,(H,40,47)(H,41,43)(H,45,46);2H,1,3-5H2,(H2,7,8,9);1H4;1H;/t28?,30-,34+,36-,44-;23?,25-,29+,31-,38-;;;;/m11..../s1/i;;;;1D;. The third-order valence-electron chi connectivity index (χ3n) is 22.1. The Morgan fingerprint density at radius 1 is 0.582 bits per heavy atom. The van der Waals surface area contributed by atoms with Crippen LogP contribution in [-0.4, -0.2) is 195 Å². The molecule has 6 aromatic rings. The minimum atomic E-state index is -4.11. The first-order chi connectivity index (χ1) is 56.6. The van der Waals surface area contributed by atoms with Crippen molar-refractivity contribution in [3.8, 4) is 45.5 Å². The van der Waals surface area contributed by atoms with Crippen LogP contribution in [0, 0.1) is 53.8 Å². The number of sulfonamides is 2. The number of primary sulfonamides is 1. The molecule has 2 radical (unpaired) electrons. The van der Waals surface area contributed by atoms with Gasteiger partial charge in [0.15, 0.2) is 0 Å². The number of allylic oxidation sites excluding steroid dienone is 2. The number of nitrogens with zero attached hydrogens (tertiary/aromatic N) is 4. The number of carboxylic acid groups (broad SMARTS) is 1. The monoisotopic (exact) mass is 1940 g/mol. The SMILES string of the molecule is C.C=CC1C[C@]1(NC(=O)[C@@H]1C[C@@H](Oc2cc(-c3ccccc3)nc3cc(OC)ccc23)CN1C(=O)[C@@H](NC(=O)OC(C)(C)C)C(C)(C)C)C(=O)O.C=CCC1(S(=O)(=O)NC(=O)[C@@]2(NC(=O)[C@@H]3C[C@@H](Oc4cc(-c5ccccc5)nc5cc(OC)ccc45)CN3C(=O)[C@@H](NC(=O)OC(C)(C)C)C(C)(C)C)CC2C=C)CC1.C=CCC1(S(N)(=O)=O)CC1.[2H][B].[U]. The number of nitrogens with one attached hydrogen (secondary N) is 5. The van der Waals surface area contributed by atoms with Crippen LogP contribution in [0.5, 0.6) is 23.0 Å². The predicted octanol–water partition coefficient (Wildman–Crippen LogP) is 11.5. The molecule has 6 aliphatic rings. The van der Waals surface area contributed by atoms with Gasteiger partial charge in [0.25, 0.3) is 5.91 Å². The van der Waals surface area contributed by atoms with E-state index in [0.717, 1.165) is 11.1 Å². The number of hydrogen-bond acceptors (Lipinski definition) is 20. The van der Waals surface area contributed by atoms with Gasteiger partial charge in [-0.1, -0.05) is 134 Å². The number of fused-ring (bicyclic) bond motifs is 2. The summed E-state index contributed by atoms with van der Waals surface area (Å²) >= 11 is 0. The molecule has 10 atom stereocenters. The third kappa shape index (κ3) is 23.0. The van der Waals surface area contributed by atoms with E-state index in [-0.39, 0.29) is 83.7 Å². The van der Waals surface area contributed by atoms with Gasteiger partial charge in [-0.25, -0.2) is 46.3 Å². The number of alkyl carbamates (subject to hydrolysis) is 2. The zero-order chi connectivity index (χ0) is 89.6. The van der Waals surface area contributed by atoms with E-state index >= 15 is 0 Å². The zero-order valence-electron chi connectivity index (χ0n) is 72.2. The maximum Gasteiger partial charge on any atom is 0.408 e. The number of aromatic nitrogens is 2. The summed E-state index contributed by atoms with van der Waals surface area (Å²) in [6.45, 7) is 35.6. The number of carbonyl (C=O) groups excluding carboxylic acids is 7. The predicted molar refractivity (Wildman–Crippen MR) is 465 cm³/mol. The molecule has 2 aliphatic heterocycles. The van der Waals surface area contributed by atoms with Crippen LogP contribution in [0.15, 0.2) is 160 Å². The molecule has 0 spiro atoms. The molecule has 122 heavy (non-hydrogen) atoms. The first-order valence-corrected chi connectivity index (χ1v) is 42.6. The molecule has 4 saturated carbocycles. The van der Waals surface area contributed by atoms with E-state index in [1.807, 2.05) is 91.0 Å². The van der Waals surface area contributed by atoms with Crippen LogP contribution >= 0.6 is 0 Å². The van der Waals surface area contributed by atoms with Gasteiger partial charge in [-0.3, -0.25) is 28.7 Å². The van der Waals surface area contributed by atoms with Gasteiger partial charge in [-0.2, -0.15) is 0 Å². The molecule has 7 amide bonds. The molecule has 4 aliphatic carbocycles. The van der Waals surface area contributed by atoms with Gasteiger partial charge >= 0.3 is 18.2 Å². The van der Waals surface area contributed by atoms with Gasteiger partial charge in [0.05, 0.1) is 59.2 Å². The molecule has 4 aromatic carbocycles. The molecule has 4 heterocycles. The van der Waals surface area contributed by atoms with Gasteiger partial charge in [0.1, 0.15) is 81.7 Å². The van der Waals surface area contributed by atoms with Gasteiger partial charge in [0, 0.05) is 110 Å². The van der Waals surface area contributed by atoms with Crippen LogP contribution in [0.2, 0.25) is 0 Å². The summed E-state index contributed by atoms with van der Waals surface area (Å²) < 4.78 is 89.5. The van der Waals surface area contributed by atoms with E-state index in [4.69, 9.17) is 44.9 Å². The molecule has 29 nitrogen and oxygen atoms in total. The fourth-order valence-corrected chi connectivity index (χ4v) is 17.5. The summed E-state index contributed by atoms with van der Waals surface area (Å²) in [5.74, 6) is -3.32. The van der Waals surface area contributed by atoms with Crippen molar-refractivity contribution in [3.63, 3.8) is 0 Å². The second kappa shape index (κ2) is 38.5. The Hall–Kier alpha value is -9.80. The average molecular weight is 1940 g/mol. The quantitative estimate of drug-likeness (QED) is 0.0186. The summed E-state index contributed by atoms with van der Waals surface area (Å²) in [5, 5.41) is 27.4. The third-order valence-corrected chi connectivity index (χ3v) is 26.0. The van der Waals surface area contributed by atoms with Crippen molar-refractivity contribution in [3.05, 3.63) is 160 Å². The van der Waals surface area contributed by atoms with Crippen LogP contribution in [0.3, 0.4) is 0 Å². The number of pyridine rings is 2. The Morgan fingerprint density at radius 3 is 1.26 bits per heavy atom.